The fraction of sp³-hybridized carbons (Fsp3) is 0.765. The van der Waals surface area contributed by atoms with Crippen molar-refractivity contribution in [3.8, 4) is 0 Å². The minimum absolute atomic E-state index is 0.238. The fourth-order valence-electron chi connectivity index (χ4n) is 2.90. The van der Waals surface area contributed by atoms with E-state index in [4.69, 9.17) is 4.52 Å². The molecule has 1 atom stereocenters. The first-order chi connectivity index (χ1) is 12.4. The lowest BCUT2D eigenvalue weighted by Crippen LogP contribution is -2.55. The Kier molecular flexibility index (Phi) is 5.87. The lowest BCUT2D eigenvalue weighted by Gasteiger charge is -2.36. The molecule has 9 heteroatoms. The molecule has 0 spiro atoms. The van der Waals surface area contributed by atoms with E-state index in [0.29, 0.717) is 12.4 Å². The summed E-state index contributed by atoms with van der Waals surface area (Å²) in [6.45, 7) is 9.65. The standard InChI is InChI=1S/C17H28N6O3/c1-11(2)15-19-14(26-21-15)10-22-6-8-23(9-7-22)12(3)16(24)20-17(25)18-13-4-5-13/h11-13H,4-10H2,1-3H3,(H2,18,20,24,25). The normalized spacial score (nSPS) is 20.2. The minimum atomic E-state index is -0.389. The van der Waals surface area contributed by atoms with Gasteiger partial charge in [-0.1, -0.05) is 19.0 Å². The molecule has 2 heterocycles. The van der Waals surface area contributed by atoms with Crippen LogP contribution in [0.2, 0.25) is 0 Å². The number of urea groups is 1. The lowest BCUT2D eigenvalue weighted by atomic mass is 10.2. The number of carbonyl (C=O) groups is 2. The third-order valence-corrected chi connectivity index (χ3v) is 4.84. The number of piperazine rings is 1. The predicted molar refractivity (Wildman–Crippen MR) is 94.4 cm³/mol. The van der Waals surface area contributed by atoms with Crippen LogP contribution in [-0.4, -0.2) is 70.1 Å². The quantitative estimate of drug-likeness (QED) is 0.765. The summed E-state index contributed by atoms with van der Waals surface area (Å²) < 4.78 is 5.30. The SMILES string of the molecule is CC(C)c1noc(CN2CCN(C(C)C(=O)NC(=O)NC3CC3)CC2)n1. The molecule has 0 aromatic carbocycles. The summed E-state index contributed by atoms with van der Waals surface area (Å²) in [7, 11) is 0. The van der Waals surface area contributed by atoms with Gasteiger partial charge in [0.25, 0.3) is 0 Å². The number of hydrogen-bond donors (Lipinski definition) is 2. The van der Waals surface area contributed by atoms with E-state index in [0.717, 1.165) is 44.8 Å². The zero-order valence-electron chi connectivity index (χ0n) is 15.7. The minimum Gasteiger partial charge on any atom is -0.338 e. The fourth-order valence-corrected chi connectivity index (χ4v) is 2.90. The Morgan fingerprint density at radius 1 is 1.19 bits per heavy atom. The van der Waals surface area contributed by atoms with Crippen LogP contribution in [0.3, 0.4) is 0 Å². The van der Waals surface area contributed by atoms with E-state index >= 15 is 0 Å². The van der Waals surface area contributed by atoms with Crippen molar-refractivity contribution < 1.29 is 14.1 Å². The Hall–Kier alpha value is -2.00. The number of imide groups is 1. The van der Waals surface area contributed by atoms with Crippen LogP contribution in [0.15, 0.2) is 4.52 Å². The van der Waals surface area contributed by atoms with Gasteiger partial charge in [0.05, 0.1) is 12.6 Å². The highest BCUT2D eigenvalue weighted by Crippen LogP contribution is 2.18. The molecule has 1 aliphatic heterocycles. The first kappa shape index (κ1) is 18.8. The lowest BCUT2D eigenvalue weighted by molar-refractivity contribution is -0.125. The molecule has 26 heavy (non-hydrogen) atoms. The molecule has 144 valence electrons. The molecule has 3 rings (SSSR count). The summed E-state index contributed by atoms with van der Waals surface area (Å²) in [5.74, 6) is 1.36. The van der Waals surface area contributed by atoms with Gasteiger partial charge in [0.1, 0.15) is 0 Å². The number of carbonyl (C=O) groups excluding carboxylic acids is 2. The van der Waals surface area contributed by atoms with Crippen LogP contribution in [-0.2, 0) is 11.3 Å². The monoisotopic (exact) mass is 364 g/mol. The molecule has 3 amide bonds. The van der Waals surface area contributed by atoms with Crippen molar-refractivity contribution in [1.82, 2.24) is 30.6 Å². The molecule has 1 aromatic heterocycles. The van der Waals surface area contributed by atoms with Crippen LogP contribution in [0.25, 0.3) is 0 Å². The van der Waals surface area contributed by atoms with Gasteiger partial charge in [-0.2, -0.15) is 4.98 Å². The van der Waals surface area contributed by atoms with Crippen LogP contribution in [0.1, 0.15) is 51.2 Å². The van der Waals surface area contributed by atoms with Gasteiger partial charge in [0.15, 0.2) is 5.82 Å². The highest BCUT2D eigenvalue weighted by Gasteiger charge is 2.29. The van der Waals surface area contributed by atoms with Crippen molar-refractivity contribution in [3.63, 3.8) is 0 Å². The summed E-state index contributed by atoms with van der Waals surface area (Å²) in [4.78, 5) is 32.7. The molecule has 0 radical (unpaired) electrons. The van der Waals surface area contributed by atoms with E-state index in [-0.39, 0.29) is 29.9 Å². The van der Waals surface area contributed by atoms with E-state index in [9.17, 15) is 9.59 Å². The summed E-state index contributed by atoms with van der Waals surface area (Å²) in [5.41, 5.74) is 0. The highest BCUT2D eigenvalue weighted by molar-refractivity contribution is 5.97. The largest absolute Gasteiger partial charge is 0.338 e. The molecule has 1 aliphatic carbocycles. The number of amides is 3. The van der Waals surface area contributed by atoms with E-state index < -0.39 is 0 Å². The van der Waals surface area contributed by atoms with E-state index in [1.165, 1.54) is 0 Å². The summed E-state index contributed by atoms with van der Waals surface area (Å²) in [6, 6.07) is -0.485. The van der Waals surface area contributed by atoms with Crippen LogP contribution in [0, 0.1) is 0 Å². The highest BCUT2D eigenvalue weighted by atomic mass is 16.5. The van der Waals surface area contributed by atoms with Crippen molar-refractivity contribution in [2.75, 3.05) is 26.2 Å². The van der Waals surface area contributed by atoms with Crippen LogP contribution in [0.5, 0.6) is 0 Å². The second-order valence-corrected chi connectivity index (χ2v) is 7.43. The number of aromatic nitrogens is 2. The molecule has 1 unspecified atom stereocenters. The van der Waals surface area contributed by atoms with Crippen molar-refractivity contribution in [3.05, 3.63) is 11.7 Å². The Bertz CT molecular complexity index is 634. The van der Waals surface area contributed by atoms with Crippen molar-refractivity contribution in [1.29, 1.82) is 0 Å². The summed E-state index contributed by atoms with van der Waals surface area (Å²) in [6.07, 6.45) is 2.00. The Balaban J connectivity index is 1.41. The van der Waals surface area contributed by atoms with Crippen LogP contribution < -0.4 is 10.6 Å². The first-order valence-electron chi connectivity index (χ1n) is 9.32. The first-order valence-corrected chi connectivity index (χ1v) is 9.32. The van der Waals surface area contributed by atoms with E-state index in [1.54, 1.807) is 0 Å². The molecule has 2 N–H and O–H groups in total. The van der Waals surface area contributed by atoms with Gasteiger partial charge >= 0.3 is 6.03 Å². The van der Waals surface area contributed by atoms with Crippen LogP contribution >= 0.6 is 0 Å². The van der Waals surface area contributed by atoms with Gasteiger partial charge in [-0.05, 0) is 19.8 Å². The maximum atomic E-state index is 12.2. The number of rotatable bonds is 6. The van der Waals surface area contributed by atoms with Gasteiger partial charge in [0.2, 0.25) is 11.8 Å². The number of hydrogen-bond acceptors (Lipinski definition) is 7. The van der Waals surface area contributed by atoms with Crippen molar-refractivity contribution in [2.24, 2.45) is 0 Å². The molecular weight excluding hydrogens is 336 g/mol. The van der Waals surface area contributed by atoms with Gasteiger partial charge < -0.3 is 9.84 Å². The zero-order chi connectivity index (χ0) is 18.7. The van der Waals surface area contributed by atoms with Gasteiger partial charge in [-0.25, -0.2) is 4.79 Å². The third kappa shape index (κ3) is 5.01. The Morgan fingerprint density at radius 2 is 1.88 bits per heavy atom. The molecule has 1 aromatic rings. The molecule has 9 nitrogen and oxygen atoms in total. The van der Waals surface area contributed by atoms with E-state index in [1.807, 2.05) is 20.8 Å². The topological polar surface area (TPSA) is 104 Å². The molecule has 0 bridgehead atoms. The Morgan fingerprint density at radius 3 is 2.46 bits per heavy atom. The predicted octanol–water partition coefficient (Wildman–Crippen LogP) is 0.687. The summed E-state index contributed by atoms with van der Waals surface area (Å²) in [5, 5.41) is 9.19. The second-order valence-electron chi connectivity index (χ2n) is 7.43. The van der Waals surface area contributed by atoms with Crippen LogP contribution in [0.4, 0.5) is 4.79 Å². The van der Waals surface area contributed by atoms with Gasteiger partial charge in [-0.15, -0.1) is 0 Å². The third-order valence-electron chi connectivity index (χ3n) is 4.84. The van der Waals surface area contributed by atoms with Crippen molar-refractivity contribution in [2.45, 2.75) is 58.2 Å². The molecular formula is C17H28N6O3. The molecule has 2 fully saturated rings. The zero-order valence-corrected chi connectivity index (χ0v) is 15.7. The number of nitrogens with zero attached hydrogens (tertiary/aromatic N) is 4. The molecule has 2 aliphatic rings. The van der Waals surface area contributed by atoms with E-state index in [2.05, 4.69) is 30.6 Å². The molecule has 1 saturated carbocycles. The number of nitrogens with one attached hydrogen (secondary N) is 2. The Labute approximate surface area is 153 Å². The summed E-state index contributed by atoms with van der Waals surface area (Å²) >= 11 is 0. The molecule has 1 saturated heterocycles. The maximum Gasteiger partial charge on any atom is 0.321 e. The van der Waals surface area contributed by atoms with Crippen molar-refractivity contribution >= 4 is 11.9 Å². The maximum absolute atomic E-state index is 12.2. The van der Waals surface area contributed by atoms with Gasteiger partial charge in [0, 0.05) is 38.1 Å². The smallest absolute Gasteiger partial charge is 0.321 e. The second kappa shape index (κ2) is 8.13. The average Bonchev–Trinajstić information content (AvgIpc) is 3.29. The average molecular weight is 364 g/mol. The van der Waals surface area contributed by atoms with Gasteiger partial charge in [-0.3, -0.25) is 19.9 Å².